The molecular weight excluding hydrogens is 236 g/mol. The van der Waals surface area contributed by atoms with Crippen LogP contribution >= 0.6 is 11.8 Å². The van der Waals surface area contributed by atoms with Crippen molar-refractivity contribution < 1.29 is 13.2 Å². The second-order valence-corrected chi connectivity index (χ2v) is 7.03. The van der Waals surface area contributed by atoms with Gasteiger partial charge >= 0.3 is 0 Å². The number of nitrogens with two attached hydrogens (primary N) is 1. The van der Waals surface area contributed by atoms with Gasteiger partial charge < -0.3 is 10.6 Å². The summed E-state index contributed by atoms with van der Waals surface area (Å²) in [5.74, 6) is 0.924. The number of amides is 1. The van der Waals surface area contributed by atoms with Crippen molar-refractivity contribution in [3.63, 3.8) is 0 Å². The summed E-state index contributed by atoms with van der Waals surface area (Å²) in [7, 11) is -3.22. The van der Waals surface area contributed by atoms with Crippen LogP contribution in [0.1, 0.15) is 6.92 Å². The van der Waals surface area contributed by atoms with Crippen molar-refractivity contribution in [3.8, 4) is 0 Å². The lowest BCUT2D eigenvalue weighted by Crippen LogP contribution is -2.54. The van der Waals surface area contributed by atoms with Gasteiger partial charge in [-0.25, -0.2) is 8.42 Å². The fourth-order valence-corrected chi connectivity index (χ4v) is 4.27. The van der Waals surface area contributed by atoms with Gasteiger partial charge in [0.25, 0.3) is 0 Å². The Hall–Kier alpha value is -0.270. The Morgan fingerprint density at radius 1 is 1.60 bits per heavy atom. The molecule has 2 N–H and O–H groups in total. The molecule has 0 bridgehead atoms. The zero-order chi connectivity index (χ0) is 11.6. The summed E-state index contributed by atoms with van der Waals surface area (Å²) < 4.78 is 23.0. The van der Waals surface area contributed by atoms with Crippen molar-refractivity contribution in [3.05, 3.63) is 0 Å². The Morgan fingerprint density at radius 3 is 2.67 bits per heavy atom. The van der Waals surface area contributed by atoms with E-state index in [9.17, 15) is 13.2 Å². The van der Waals surface area contributed by atoms with E-state index in [4.69, 9.17) is 5.73 Å². The van der Waals surface area contributed by atoms with Crippen LogP contribution in [0.15, 0.2) is 0 Å². The molecular formula is C8H16N2O3S2. The maximum Gasteiger partial charge on any atom is 0.240 e. The summed E-state index contributed by atoms with van der Waals surface area (Å²) >= 11 is 1.55. The van der Waals surface area contributed by atoms with Gasteiger partial charge in [0.2, 0.25) is 5.91 Å². The first-order valence-electron chi connectivity index (χ1n) is 4.66. The Bertz CT molecular complexity index is 340. The third-order valence-corrected chi connectivity index (χ3v) is 4.89. The highest BCUT2D eigenvalue weighted by atomic mass is 32.2. The van der Waals surface area contributed by atoms with Crippen molar-refractivity contribution in [1.82, 2.24) is 4.90 Å². The van der Waals surface area contributed by atoms with Crippen LogP contribution in [-0.4, -0.2) is 54.9 Å². The molecule has 1 rings (SSSR count). The van der Waals surface area contributed by atoms with Gasteiger partial charge in [-0.3, -0.25) is 4.79 Å². The van der Waals surface area contributed by atoms with Crippen molar-refractivity contribution in [2.45, 2.75) is 18.3 Å². The third kappa shape index (κ3) is 3.09. The highest BCUT2D eigenvalue weighted by molar-refractivity contribution is 8.00. The first-order chi connectivity index (χ1) is 6.84. The Balaban J connectivity index is 2.89. The minimum Gasteiger partial charge on any atom is -0.323 e. The van der Waals surface area contributed by atoms with Crippen LogP contribution < -0.4 is 5.73 Å². The summed E-state index contributed by atoms with van der Waals surface area (Å²) in [5.41, 5.74) is 5.48. The second-order valence-electron chi connectivity index (χ2n) is 3.68. The van der Waals surface area contributed by atoms with Crippen molar-refractivity contribution in [1.29, 1.82) is 0 Å². The van der Waals surface area contributed by atoms with E-state index in [1.165, 1.54) is 4.90 Å². The highest BCUT2D eigenvalue weighted by Crippen LogP contribution is 2.20. The quantitative estimate of drug-likeness (QED) is 0.701. The van der Waals surface area contributed by atoms with Gasteiger partial charge in [0.05, 0.1) is 6.04 Å². The van der Waals surface area contributed by atoms with Crippen LogP contribution in [-0.2, 0) is 14.6 Å². The Labute approximate surface area is 94.3 Å². The fraction of sp³-hybridized carbons (Fsp3) is 0.875. The number of sulfone groups is 1. The molecule has 2 atom stereocenters. The van der Waals surface area contributed by atoms with E-state index in [-0.39, 0.29) is 5.91 Å². The van der Waals surface area contributed by atoms with Gasteiger partial charge in [-0.15, -0.1) is 0 Å². The van der Waals surface area contributed by atoms with E-state index in [0.717, 1.165) is 12.0 Å². The number of carbonyl (C=O) groups is 1. The molecule has 0 radical (unpaired) electrons. The van der Waals surface area contributed by atoms with Crippen LogP contribution in [0.3, 0.4) is 0 Å². The average molecular weight is 252 g/mol. The molecule has 1 fully saturated rings. The molecule has 7 heteroatoms. The second kappa shape index (κ2) is 4.71. The number of rotatable bonds is 2. The van der Waals surface area contributed by atoms with Crippen LogP contribution in [0.5, 0.6) is 0 Å². The molecule has 88 valence electrons. The summed E-state index contributed by atoms with van der Waals surface area (Å²) in [6.07, 6.45) is 1.16. The predicted molar refractivity (Wildman–Crippen MR) is 61.3 cm³/mol. The molecule has 1 amide bonds. The summed E-state index contributed by atoms with van der Waals surface area (Å²) in [5, 5.41) is -0.713. The average Bonchev–Trinajstić information content (AvgIpc) is 2.15. The van der Waals surface area contributed by atoms with E-state index in [0.29, 0.717) is 12.3 Å². The molecule has 0 aromatic heterocycles. The van der Waals surface area contributed by atoms with Gasteiger partial charge in [-0.2, -0.15) is 11.8 Å². The Kier molecular flexibility index (Phi) is 4.02. The molecule has 0 spiro atoms. The molecule has 1 aliphatic rings. The molecule has 1 heterocycles. The van der Waals surface area contributed by atoms with E-state index < -0.39 is 21.3 Å². The van der Waals surface area contributed by atoms with Gasteiger partial charge in [0.15, 0.2) is 9.84 Å². The highest BCUT2D eigenvalue weighted by Gasteiger charge is 2.34. The summed E-state index contributed by atoms with van der Waals surface area (Å²) in [6, 6.07) is -0.641. The fourth-order valence-electron chi connectivity index (χ4n) is 1.45. The molecule has 0 aliphatic carbocycles. The molecule has 1 aliphatic heterocycles. The first kappa shape index (κ1) is 12.8. The number of nitrogens with zero attached hydrogens (tertiary/aromatic N) is 1. The molecule has 15 heavy (non-hydrogen) atoms. The smallest absolute Gasteiger partial charge is 0.240 e. The predicted octanol–water partition coefficient (Wildman–Crippen LogP) is -0.720. The largest absolute Gasteiger partial charge is 0.323 e. The lowest BCUT2D eigenvalue weighted by molar-refractivity contribution is -0.132. The lowest BCUT2D eigenvalue weighted by Gasteiger charge is -2.35. The van der Waals surface area contributed by atoms with Crippen LogP contribution in [0.4, 0.5) is 0 Å². The molecule has 0 saturated carbocycles. The van der Waals surface area contributed by atoms with E-state index in [1.807, 2.05) is 0 Å². The van der Waals surface area contributed by atoms with Crippen LogP contribution in [0.25, 0.3) is 0 Å². The minimum atomic E-state index is -3.22. The van der Waals surface area contributed by atoms with Crippen LogP contribution in [0, 0.1) is 0 Å². The number of carbonyl (C=O) groups excluding carboxylic acids is 1. The van der Waals surface area contributed by atoms with Crippen molar-refractivity contribution >= 4 is 27.5 Å². The molecule has 0 aromatic carbocycles. The zero-order valence-corrected chi connectivity index (χ0v) is 10.5. The van der Waals surface area contributed by atoms with Crippen LogP contribution in [0.2, 0.25) is 0 Å². The van der Waals surface area contributed by atoms with Gasteiger partial charge in [0.1, 0.15) is 5.37 Å². The normalized spacial score (nSPS) is 25.0. The first-order valence-corrected chi connectivity index (χ1v) is 7.77. The van der Waals surface area contributed by atoms with Crippen molar-refractivity contribution in [2.75, 3.05) is 24.3 Å². The summed E-state index contributed by atoms with van der Waals surface area (Å²) in [6.45, 7) is 2.03. The molecule has 1 saturated heterocycles. The zero-order valence-electron chi connectivity index (χ0n) is 8.84. The molecule has 2 unspecified atom stereocenters. The summed E-state index contributed by atoms with van der Waals surface area (Å²) in [4.78, 5) is 13.1. The Morgan fingerprint density at radius 2 is 2.20 bits per heavy atom. The SMILES string of the molecule is CC(N)C(=O)N1CCSCC1S(C)(=O)=O. The van der Waals surface area contributed by atoms with Gasteiger partial charge in [-0.05, 0) is 6.92 Å². The topological polar surface area (TPSA) is 80.5 Å². The minimum absolute atomic E-state index is 0.286. The molecule has 0 aromatic rings. The number of thioether (sulfide) groups is 1. The van der Waals surface area contributed by atoms with Crippen molar-refractivity contribution in [2.24, 2.45) is 5.73 Å². The molecule has 5 nitrogen and oxygen atoms in total. The number of hydrogen-bond donors (Lipinski definition) is 1. The van der Waals surface area contributed by atoms with Gasteiger partial charge in [-0.1, -0.05) is 0 Å². The monoisotopic (exact) mass is 252 g/mol. The number of hydrogen-bond acceptors (Lipinski definition) is 5. The third-order valence-electron chi connectivity index (χ3n) is 2.25. The lowest BCUT2D eigenvalue weighted by atomic mass is 10.3. The van der Waals surface area contributed by atoms with E-state index in [1.54, 1.807) is 18.7 Å². The van der Waals surface area contributed by atoms with E-state index in [2.05, 4.69) is 0 Å². The maximum absolute atomic E-state index is 11.7. The van der Waals surface area contributed by atoms with Gasteiger partial charge in [0, 0.05) is 24.3 Å². The van der Waals surface area contributed by atoms with E-state index >= 15 is 0 Å². The maximum atomic E-state index is 11.7. The standard InChI is InChI=1S/C8H16N2O3S2/c1-6(9)8(11)10-3-4-14-5-7(10)15(2,12)13/h6-7H,3-5,9H2,1-2H3.